The quantitative estimate of drug-likeness (QED) is 0.484. The molecule has 0 aliphatic carbocycles. The van der Waals surface area contributed by atoms with Gasteiger partial charge in [0.05, 0.1) is 17.7 Å². The molecule has 26 heavy (non-hydrogen) atoms. The van der Waals surface area contributed by atoms with Crippen molar-refractivity contribution in [3.05, 3.63) is 24.2 Å². The zero-order chi connectivity index (χ0) is 19.0. The van der Waals surface area contributed by atoms with E-state index >= 15 is 0 Å². The third kappa shape index (κ3) is 5.49. The van der Waals surface area contributed by atoms with Crippen molar-refractivity contribution in [2.75, 3.05) is 39.8 Å². The maximum absolute atomic E-state index is 12.1. The standard InChI is InChI=1S/C19H33N5O2/c1-5-21-17(25)19(2,3)14-23-18(20-4)22-13-15(16-9-8-12-26-16)24-10-6-7-11-24/h8-9,12,15H,5-7,10-11,13-14H2,1-4H3,(H,21,25)(H2,20,22,23). The molecule has 2 heterocycles. The van der Waals surface area contributed by atoms with Crippen LogP contribution in [0.2, 0.25) is 0 Å². The number of nitrogens with one attached hydrogen (secondary N) is 3. The lowest BCUT2D eigenvalue weighted by Crippen LogP contribution is -2.49. The highest BCUT2D eigenvalue weighted by molar-refractivity contribution is 5.84. The number of nitrogens with zero attached hydrogens (tertiary/aromatic N) is 2. The Morgan fingerprint density at radius 2 is 2.04 bits per heavy atom. The molecule has 0 spiro atoms. The van der Waals surface area contributed by atoms with Gasteiger partial charge in [0.25, 0.3) is 0 Å². The third-order valence-electron chi connectivity index (χ3n) is 4.79. The molecule has 0 aromatic carbocycles. The highest BCUT2D eigenvalue weighted by atomic mass is 16.3. The second kappa shape index (κ2) is 9.62. The van der Waals surface area contributed by atoms with E-state index in [0.29, 0.717) is 25.6 Å². The van der Waals surface area contributed by atoms with Crippen LogP contribution in [0.1, 0.15) is 45.4 Å². The van der Waals surface area contributed by atoms with Gasteiger partial charge in [0.15, 0.2) is 5.96 Å². The Hall–Kier alpha value is -2.02. The van der Waals surface area contributed by atoms with Crippen LogP contribution in [0.15, 0.2) is 27.8 Å². The summed E-state index contributed by atoms with van der Waals surface area (Å²) >= 11 is 0. The molecule has 3 N–H and O–H groups in total. The van der Waals surface area contributed by atoms with Crippen LogP contribution < -0.4 is 16.0 Å². The fraction of sp³-hybridized carbons (Fsp3) is 0.684. The van der Waals surface area contributed by atoms with Crippen molar-refractivity contribution >= 4 is 11.9 Å². The molecule has 146 valence electrons. The average molecular weight is 364 g/mol. The predicted molar refractivity (Wildman–Crippen MR) is 104 cm³/mol. The van der Waals surface area contributed by atoms with Crippen LogP contribution in [0.3, 0.4) is 0 Å². The van der Waals surface area contributed by atoms with Crippen molar-refractivity contribution < 1.29 is 9.21 Å². The summed E-state index contributed by atoms with van der Waals surface area (Å²) in [7, 11) is 1.74. The lowest BCUT2D eigenvalue weighted by molar-refractivity contribution is -0.128. The fourth-order valence-electron chi connectivity index (χ4n) is 3.14. The van der Waals surface area contributed by atoms with Gasteiger partial charge in [0.1, 0.15) is 5.76 Å². The number of aliphatic imine (C=N–C) groups is 1. The number of hydrogen-bond acceptors (Lipinski definition) is 4. The zero-order valence-electron chi connectivity index (χ0n) is 16.5. The largest absolute Gasteiger partial charge is 0.468 e. The van der Waals surface area contributed by atoms with Crippen LogP contribution in [-0.2, 0) is 4.79 Å². The maximum Gasteiger partial charge on any atom is 0.227 e. The van der Waals surface area contributed by atoms with Gasteiger partial charge in [-0.15, -0.1) is 0 Å². The zero-order valence-corrected chi connectivity index (χ0v) is 16.5. The topological polar surface area (TPSA) is 81.9 Å². The summed E-state index contributed by atoms with van der Waals surface area (Å²) in [6.45, 7) is 9.79. The second-order valence-corrected chi connectivity index (χ2v) is 7.32. The molecule has 1 saturated heterocycles. The molecule has 1 unspecified atom stereocenters. The monoisotopic (exact) mass is 363 g/mol. The average Bonchev–Trinajstić information content (AvgIpc) is 3.32. The first kappa shape index (κ1) is 20.3. The third-order valence-corrected chi connectivity index (χ3v) is 4.79. The SMILES string of the molecule is CCNC(=O)C(C)(C)CNC(=NC)NCC(c1ccco1)N1CCCC1. The number of hydrogen-bond donors (Lipinski definition) is 3. The molecule has 1 amide bonds. The summed E-state index contributed by atoms with van der Waals surface area (Å²) in [6.07, 6.45) is 4.18. The lowest BCUT2D eigenvalue weighted by Gasteiger charge is -2.28. The molecule has 7 heteroatoms. The smallest absolute Gasteiger partial charge is 0.227 e. The molecule has 1 aromatic rings. The Kier molecular flexibility index (Phi) is 7.50. The highest BCUT2D eigenvalue weighted by Crippen LogP contribution is 2.24. The summed E-state index contributed by atoms with van der Waals surface area (Å²) in [5, 5.41) is 9.53. The van der Waals surface area contributed by atoms with Crippen LogP contribution in [-0.4, -0.2) is 56.5 Å². The number of carbonyl (C=O) groups excluding carboxylic acids is 1. The van der Waals surface area contributed by atoms with Crippen molar-refractivity contribution in [2.24, 2.45) is 10.4 Å². The van der Waals surface area contributed by atoms with E-state index in [1.807, 2.05) is 32.9 Å². The van der Waals surface area contributed by atoms with E-state index in [0.717, 1.165) is 18.8 Å². The highest BCUT2D eigenvalue weighted by Gasteiger charge is 2.28. The minimum absolute atomic E-state index is 0.0356. The Morgan fingerprint density at radius 3 is 2.62 bits per heavy atom. The normalized spacial score (nSPS) is 17.2. The molecule has 0 radical (unpaired) electrons. The van der Waals surface area contributed by atoms with Crippen molar-refractivity contribution in [3.8, 4) is 0 Å². The van der Waals surface area contributed by atoms with Gasteiger partial charge in [-0.05, 0) is 58.8 Å². The van der Waals surface area contributed by atoms with E-state index in [2.05, 4.69) is 25.8 Å². The van der Waals surface area contributed by atoms with Crippen molar-refractivity contribution in [3.63, 3.8) is 0 Å². The van der Waals surface area contributed by atoms with Gasteiger partial charge >= 0.3 is 0 Å². The number of likely N-dealkylation sites (tertiary alicyclic amines) is 1. The second-order valence-electron chi connectivity index (χ2n) is 7.32. The van der Waals surface area contributed by atoms with Gasteiger partial charge in [0.2, 0.25) is 5.91 Å². The summed E-state index contributed by atoms with van der Waals surface area (Å²) in [4.78, 5) is 18.9. The van der Waals surface area contributed by atoms with E-state index in [-0.39, 0.29) is 11.9 Å². The molecule has 0 saturated carbocycles. The first-order valence-electron chi connectivity index (χ1n) is 9.48. The van der Waals surface area contributed by atoms with Crippen LogP contribution in [0.25, 0.3) is 0 Å². The van der Waals surface area contributed by atoms with Gasteiger partial charge in [0, 0.05) is 26.7 Å². The van der Waals surface area contributed by atoms with Crippen LogP contribution >= 0.6 is 0 Å². The Labute approximate surface area is 156 Å². The van der Waals surface area contributed by atoms with Crippen molar-refractivity contribution in [1.29, 1.82) is 0 Å². The summed E-state index contributed by atoms with van der Waals surface area (Å²) < 4.78 is 5.65. The van der Waals surface area contributed by atoms with Gasteiger partial charge in [-0.25, -0.2) is 0 Å². The van der Waals surface area contributed by atoms with Crippen LogP contribution in [0, 0.1) is 5.41 Å². The van der Waals surface area contributed by atoms with E-state index in [1.54, 1.807) is 13.3 Å². The van der Waals surface area contributed by atoms with Gasteiger partial charge in [-0.1, -0.05) is 0 Å². The summed E-state index contributed by atoms with van der Waals surface area (Å²) in [5.41, 5.74) is -0.511. The van der Waals surface area contributed by atoms with Crippen LogP contribution in [0.4, 0.5) is 0 Å². The van der Waals surface area contributed by atoms with Crippen molar-refractivity contribution in [2.45, 2.75) is 39.7 Å². The Balaban J connectivity index is 1.91. The maximum atomic E-state index is 12.1. The summed E-state index contributed by atoms with van der Waals surface area (Å²) in [6, 6.07) is 4.14. The Bertz CT molecular complexity index is 577. The number of guanidine groups is 1. The Morgan fingerprint density at radius 1 is 1.31 bits per heavy atom. The summed E-state index contributed by atoms with van der Waals surface area (Å²) in [5.74, 6) is 1.70. The lowest BCUT2D eigenvalue weighted by atomic mass is 9.92. The number of carbonyl (C=O) groups is 1. The first-order chi connectivity index (χ1) is 12.5. The predicted octanol–water partition coefficient (Wildman–Crippen LogP) is 1.74. The molecule has 1 aliphatic rings. The van der Waals surface area contributed by atoms with Gasteiger partial charge in [-0.3, -0.25) is 14.7 Å². The molecular weight excluding hydrogens is 330 g/mol. The number of amides is 1. The van der Waals surface area contributed by atoms with Gasteiger partial charge in [-0.2, -0.15) is 0 Å². The number of furan rings is 1. The fourth-order valence-corrected chi connectivity index (χ4v) is 3.14. The number of rotatable bonds is 8. The minimum Gasteiger partial charge on any atom is -0.468 e. The van der Waals surface area contributed by atoms with Gasteiger partial charge < -0.3 is 20.4 Å². The molecule has 2 rings (SSSR count). The molecule has 1 atom stereocenters. The van der Waals surface area contributed by atoms with E-state index in [4.69, 9.17) is 4.42 Å². The first-order valence-corrected chi connectivity index (χ1v) is 9.48. The van der Waals surface area contributed by atoms with E-state index < -0.39 is 5.41 Å². The molecule has 1 aliphatic heterocycles. The van der Waals surface area contributed by atoms with Crippen molar-refractivity contribution in [1.82, 2.24) is 20.9 Å². The minimum atomic E-state index is -0.511. The molecule has 1 fully saturated rings. The van der Waals surface area contributed by atoms with E-state index in [1.165, 1.54) is 12.8 Å². The van der Waals surface area contributed by atoms with E-state index in [9.17, 15) is 4.79 Å². The molecular formula is C19H33N5O2. The molecule has 1 aromatic heterocycles. The van der Waals surface area contributed by atoms with Crippen LogP contribution in [0.5, 0.6) is 0 Å². The molecule has 0 bridgehead atoms. The molecule has 7 nitrogen and oxygen atoms in total.